The Labute approximate surface area is 102 Å². The predicted octanol–water partition coefficient (Wildman–Crippen LogP) is 2.59. The molecular weight excluding hydrogens is 212 g/mol. The quantitative estimate of drug-likeness (QED) is 0.808. The molecule has 0 spiro atoms. The van der Waals surface area contributed by atoms with Crippen molar-refractivity contribution in [1.29, 1.82) is 0 Å². The molecule has 17 heavy (non-hydrogen) atoms. The number of aryl methyl sites for hydroxylation is 1. The van der Waals surface area contributed by atoms with Gasteiger partial charge in [0.2, 0.25) is 5.88 Å². The molecule has 0 amide bonds. The third-order valence-corrected chi connectivity index (χ3v) is 5.38. The average Bonchev–Trinajstić information content (AvgIpc) is 2.56. The molecule has 92 valence electrons. The number of aromatic nitrogens is 2. The van der Waals surface area contributed by atoms with E-state index in [-0.39, 0.29) is 5.88 Å². The number of nitrogens with zero attached hydrogens (tertiary/aromatic N) is 2. The second kappa shape index (κ2) is 3.06. The van der Waals surface area contributed by atoms with Gasteiger partial charge >= 0.3 is 0 Å². The monoisotopic (exact) mass is 232 g/mol. The predicted molar refractivity (Wildman–Crippen MR) is 64.7 cm³/mol. The number of hydrogen-bond donors (Lipinski definition) is 1. The highest BCUT2D eigenvalue weighted by molar-refractivity contribution is 5.22. The van der Waals surface area contributed by atoms with E-state index in [0.29, 0.717) is 5.41 Å². The van der Waals surface area contributed by atoms with Crippen molar-refractivity contribution in [2.75, 3.05) is 0 Å². The van der Waals surface area contributed by atoms with Gasteiger partial charge in [0.1, 0.15) is 5.82 Å². The fourth-order valence-electron chi connectivity index (χ4n) is 5.33. The summed E-state index contributed by atoms with van der Waals surface area (Å²) in [5, 5.41) is 9.60. The van der Waals surface area contributed by atoms with E-state index in [1.807, 2.05) is 7.05 Å². The molecule has 1 N–H and O–H groups in total. The van der Waals surface area contributed by atoms with Gasteiger partial charge in [0, 0.05) is 12.5 Å². The first-order chi connectivity index (χ1) is 8.14. The summed E-state index contributed by atoms with van der Waals surface area (Å²) in [6, 6.07) is 0. The second-order valence-electron chi connectivity index (χ2n) is 6.73. The van der Waals surface area contributed by atoms with Crippen LogP contribution in [0.3, 0.4) is 0 Å². The minimum absolute atomic E-state index is 0.193. The zero-order valence-corrected chi connectivity index (χ0v) is 10.4. The van der Waals surface area contributed by atoms with Crippen LogP contribution in [0.2, 0.25) is 0 Å². The summed E-state index contributed by atoms with van der Waals surface area (Å²) in [5.74, 6) is 4.13. The molecule has 1 heterocycles. The first kappa shape index (κ1) is 9.98. The molecule has 4 aliphatic rings. The van der Waals surface area contributed by atoms with Crippen LogP contribution >= 0.6 is 0 Å². The van der Waals surface area contributed by atoms with Crippen molar-refractivity contribution in [2.45, 2.75) is 43.9 Å². The normalized spacial score (nSPS) is 43.2. The van der Waals surface area contributed by atoms with Gasteiger partial charge in [-0.3, -0.25) is 0 Å². The van der Waals surface area contributed by atoms with Gasteiger partial charge in [-0.05, 0) is 56.3 Å². The van der Waals surface area contributed by atoms with Gasteiger partial charge in [-0.25, -0.2) is 0 Å². The van der Waals surface area contributed by atoms with Crippen LogP contribution in [0.4, 0.5) is 0 Å². The Morgan fingerprint density at radius 2 is 1.71 bits per heavy atom. The molecule has 0 atom stereocenters. The summed E-state index contributed by atoms with van der Waals surface area (Å²) < 4.78 is 2.06. The summed E-state index contributed by atoms with van der Waals surface area (Å²) >= 11 is 0. The van der Waals surface area contributed by atoms with Gasteiger partial charge in [0.25, 0.3) is 0 Å². The van der Waals surface area contributed by atoms with E-state index in [1.165, 1.54) is 38.5 Å². The van der Waals surface area contributed by atoms with Crippen molar-refractivity contribution in [2.24, 2.45) is 24.8 Å². The van der Waals surface area contributed by atoms with Crippen LogP contribution in [0.1, 0.15) is 44.3 Å². The van der Waals surface area contributed by atoms with Gasteiger partial charge in [-0.1, -0.05) is 0 Å². The number of rotatable bonds is 1. The van der Waals surface area contributed by atoms with Gasteiger partial charge in [-0.15, -0.1) is 0 Å². The van der Waals surface area contributed by atoms with E-state index in [4.69, 9.17) is 0 Å². The Bertz CT molecular complexity index is 428. The van der Waals surface area contributed by atoms with Gasteiger partial charge < -0.3 is 9.67 Å². The van der Waals surface area contributed by atoms with E-state index >= 15 is 0 Å². The van der Waals surface area contributed by atoms with Crippen molar-refractivity contribution in [3.63, 3.8) is 0 Å². The van der Waals surface area contributed by atoms with Crippen LogP contribution in [0.25, 0.3) is 0 Å². The first-order valence-corrected chi connectivity index (χ1v) is 6.87. The van der Waals surface area contributed by atoms with Crippen LogP contribution in [0.5, 0.6) is 5.88 Å². The lowest BCUT2D eigenvalue weighted by atomic mass is 9.49. The van der Waals surface area contributed by atoms with Crippen molar-refractivity contribution in [3.05, 3.63) is 12.0 Å². The maximum atomic E-state index is 9.60. The number of hydrogen-bond acceptors (Lipinski definition) is 2. The average molecular weight is 232 g/mol. The first-order valence-electron chi connectivity index (χ1n) is 6.87. The van der Waals surface area contributed by atoms with Gasteiger partial charge in [0.05, 0.1) is 6.20 Å². The van der Waals surface area contributed by atoms with Gasteiger partial charge in [0.15, 0.2) is 0 Å². The molecule has 3 heteroatoms. The zero-order valence-electron chi connectivity index (χ0n) is 10.4. The highest BCUT2D eigenvalue weighted by atomic mass is 16.3. The highest BCUT2D eigenvalue weighted by Gasteiger charge is 2.53. The maximum absolute atomic E-state index is 9.60. The molecule has 1 aromatic rings. The fourth-order valence-corrected chi connectivity index (χ4v) is 5.33. The molecule has 0 aromatic carbocycles. The summed E-state index contributed by atoms with van der Waals surface area (Å²) in [6.07, 6.45) is 10.0. The minimum atomic E-state index is 0.193. The topological polar surface area (TPSA) is 38.0 Å². The molecule has 5 rings (SSSR count). The Balaban J connectivity index is 1.79. The fraction of sp³-hybridized carbons (Fsp3) is 0.786. The Kier molecular flexibility index (Phi) is 1.80. The Hall–Kier alpha value is -0.990. The molecule has 0 radical (unpaired) electrons. The van der Waals surface area contributed by atoms with Crippen molar-refractivity contribution in [3.8, 4) is 5.88 Å². The Morgan fingerprint density at radius 3 is 2.12 bits per heavy atom. The molecule has 0 saturated heterocycles. The van der Waals surface area contributed by atoms with E-state index in [1.54, 1.807) is 6.20 Å². The highest BCUT2D eigenvalue weighted by Crippen LogP contribution is 2.60. The number of imidazole rings is 1. The summed E-state index contributed by atoms with van der Waals surface area (Å²) in [5.41, 5.74) is 0.296. The molecule has 4 fully saturated rings. The van der Waals surface area contributed by atoms with Crippen molar-refractivity contribution in [1.82, 2.24) is 9.55 Å². The lowest BCUT2D eigenvalue weighted by Crippen LogP contribution is -2.49. The van der Waals surface area contributed by atoms with Crippen LogP contribution in [0, 0.1) is 17.8 Å². The third kappa shape index (κ3) is 1.31. The lowest BCUT2D eigenvalue weighted by Gasteiger charge is -2.56. The molecule has 4 bridgehead atoms. The maximum Gasteiger partial charge on any atom is 0.229 e. The molecule has 4 saturated carbocycles. The lowest BCUT2D eigenvalue weighted by molar-refractivity contribution is -0.0107. The van der Waals surface area contributed by atoms with Crippen molar-refractivity contribution < 1.29 is 5.11 Å². The van der Waals surface area contributed by atoms with E-state index < -0.39 is 0 Å². The van der Waals surface area contributed by atoms with E-state index in [9.17, 15) is 5.11 Å². The number of aromatic hydroxyl groups is 1. The summed E-state index contributed by atoms with van der Waals surface area (Å²) in [6.45, 7) is 0. The molecule has 0 unspecified atom stereocenters. The smallest absolute Gasteiger partial charge is 0.229 e. The summed E-state index contributed by atoms with van der Waals surface area (Å²) in [7, 11) is 2.03. The second-order valence-corrected chi connectivity index (χ2v) is 6.73. The minimum Gasteiger partial charge on any atom is -0.492 e. The molecule has 4 aliphatic carbocycles. The SMILES string of the molecule is Cn1cc(O)nc1C12CC3CC(CC(C3)C1)C2. The van der Waals surface area contributed by atoms with Crippen LogP contribution < -0.4 is 0 Å². The van der Waals surface area contributed by atoms with Crippen LogP contribution in [0.15, 0.2) is 6.20 Å². The summed E-state index contributed by atoms with van der Waals surface area (Å²) in [4.78, 5) is 4.42. The zero-order chi connectivity index (χ0) is 11.6. The van der Waals surface area contributed by atoms with Crippen molar-refractivity contribution >= 4 is 0 Å². The molecule has 0 aliphatic heterocycles. The Morgan fingerprint density at radius 1 is 1.18 bits per heavy atom. The molecule has 3 nitrogen and oxygen atoms in total. The molecular formula is C14H20N2O. The molecule has 1 aromatic heterocycles. The van der Waals surface area contributed by atoms with E-state index in [0.717, 1.165) is 23.6 Å². The largest absolute Gasteiger partial charge is 0.492 e. The van der Waals surface area contributed by atoms with Crippen LogP contribution in [-0.2, 0) is 12.5 Å². The van der Waals surface area contributed by atoms with Gasteiger partial charge in [-0.2, -0.15) is 4.98 Å². The standard InChI is InChI=1S/C14H20N2O/c1-16-8-12(17)15-13(16)14-5-9-2-10(6-14)4-11(3-9)7-14/h8-11,17H,2-7H2,1H3. The van der Waals surface area contributed by atoms with E-state index in [2.05, 4.69) is 9.55 Å². The third-order valence-electron chi connectivity index (χ3n) is 5.38. The van der Waals surface area contributed by atoms with Crippen LogP contribution in [-0.4, -0.2) is 14.7 Å².